The lowest BCUT2D eigenvalue weighted by Gasteiger charge is -2.14. The summed E-state index contributed by atoms with van der Waals surface area (Å²) in [6.45, 7) is 0. The number of nitrogens with zero attached hydrogens (tertiary/aromatic N) is 3. The van der Waals surface area contributed by atoms with E-state index in [1.807, 2.05) is 23.5 Å². The molecule has 4 aromatic heterocycles. The van der Waals surface area contributed by atoms with E-state index in [1.165, 1.54) is 41.7 Å². The molecule has 0 N–H and O–H groups in total. The van der Waals surface area contributed by atoms with Crippen molar-refractivity contribution < 1.29 is 4.42 Å². The van der Waals surface area contributed by atoms with Crippen LogP contribution in [0.1, 0.15) is 0 Å². The molecule has 0 bridgehead atoms. The zero-order valence-corrected chi connectivity index (χ0v) is 27.9. The minimum Gasteiger partial charge on any atom is -0.456 e. The Balaban J connectivity index is 1.24. The van der Waals surface area contributed by atoms with Gasteiger partial charge in [0.25, 0.3) is 0 Å². The van der Waals surface area contributed by atoms with Crippen LogP contribution in [0.4, 0.5) is 0 Å². The van der Waals surface area contributed by atoms with E-state index in [0.29, 0.717) is 5.95 Å². The molecule has 0 aliphatic rings. The second kappa shape index (κ2) is 10.0. The predicted molar refractivity (Wildman–Crippen MR) is 214 cm³/mol. The molecule has 0 saturated carbocycles. The van der Waals surface area contributed by atoms with E-state index < -0.39 is 0 Å². The topological polar surface area (TPSA) is 43.9 Å². The largest absolute Gasteiger partial charge is 0.456 e. The molecule has 8 aromatic carbocycles. The van der Waals surface area contributed by atoms with Crippen molar-refractivity contribution in [3.63, 3.8) is 0 Å². The number of fused-ring (bicyclic) bond motifs is 15. The number of aromatic nitrogens is 3. The highest BCUT2D eigenvalue weighted by Gasteiger charge is 2.23. The van der Waals surface area contributed by atoms with Crippen LogP contribution in [-0.2, 0) is 0 Å². The van der Waals surface area contributed by atoms with E-state index in [1.54, 1.807) is 0 Å². The molecular weight excluding hydrogens is 643 g/mol. The van der Waals surface area contributed by atoms with Gasteiger partial charge < -0.3 is 4.42 Å². The molecule has 0 atom stereocenters. The fourth-order valence-corrected chi connectivity index (χ4v) is 9.67. The summed E-state index contributed by atoms with van der Waals surface area (Å²) < 4.78 is 11.4. The van der Waals surface area contributed by atoms with Gasteiger partial charge in [-0.1, -0.05) is 115 Å². The van der Waals surface area contributed by atoms with Crippen LogP contribution in [0.25, 0.3) is 114 Å². The number of thiophene rings is 1. The van der Waals surface area contributed by atoms with Gasteiger partial charge in [-0.25, -0.2) is 9.97 Å². The number of benzene rings is 8. The number of hydrogen-bond donors (Lipinski definition) is 0. The highest BCUT2D eigenvalue weighted by molar-refractivity contribution is 7.26. The lowest BCUT2D eigenvalue weighted by molar-refractivity contribution is 0.669. The van der Waals surface area contributed by atoms with Crippen molar-refractivity contribution in [3.8, 4) is 17.2 Å². The monoisotopic (exact) mass is 667 g/mol. The van der Waals surface area contributed by atoms with Crippen LogP contribution in [0.15, 0.2) is 156 Å². The molecule has 0 spiro atoms. The van der Waals surface area contributed by atoms with E-state index in [4.69, 9.17) is 14.4 Å². The first-order valence-electron chi connectivity index (χ1n) is 17.2. The molecule has 0 amide bonds. The molecule has 4 heterocycles. The van der Waals surface area contributed by atoms with E-state index >= 15 is 0 Å². The Kier molecular flexibility index (Phi) is 5.35. The van der Waals surface area contributed by atoms with Gasteiger partial charge in [0, 0.05) is 52.7 Å². The van der Waals surface area contributed by atoms with Crippen molar-refractivity contribution in [2.24, 2.45) is 0 Å². The van der Waals surface area contributed by atoms with Crippen molar-refractivity contribution >= 4 is 108 Å². The second-order valence-corrected chi connectivity index (χ2v) is 14.3. The summed E-state index contributed by atoms with van der Waals surface area (Å²) in [5.41, 5.74) is 6.72. The van der Waals surface area contributed by atoms with Crippen LogP contribution in [0.5, 0.6) is 0 Å². The Bertz CT molecular complexity index is 3440. The number of rotatable bonds is 2. The smallest absolute Gasteiger partial charge is 0.235 e. The van der Waals surface area contributed by atoms with E-state index in [2.05, 4.69) is 144 Å². The summed E-state index contributed by atoms with van der Waals surface area (Å²) in [4.78, 5) is 10.9. The standard InChI is InChI=1S/C46H25N3OS/c1-2-12-27-26(11-1)21-23-36-42(27)43-37(24-22-31-29-14-7-10-20-40(29)51-45(31)43)49(36)46-47-35-18-8-5-16-32(35)44(48-46)34-25-39-41(30-15-4-3-13-28(30)34)33-17-6-9-19-38(33)50-39/h1-25H. The van der Waals surface area contributed by atoms with Gasteiger partial charge in [-0.3, -0.25) is 4.57 Å². The first-order chi connectivity index (χ1) is 25.3. The second-order valence-electron chi connectivity index (χ2n) is 13.3. The maximum absolute atomic E-state index is 6.51. The quantitative estimate of drug-likeness (QED) is 0.184. The van der Waals surface area contributed by atoms with E-state index in [0.717, 1.165) is 65.9 Å². The summed E-state index contributed by atoms with van der Waals surface area (Å²) >= 11 is 1.87. The summed E-state index contributed by atoms with van der Waals surface area (Å²) in [6, 6.07) is 53.9. The van der Waals surface area contributed by atoms with Crippen molar-refractivity contribution in [2.45, 2.75) is 0 Å². The van der Waals surface area contributed by atoms with Crippen molar-refractivity contribution in [2.75, 3.05) is 0 Å². The van der Waals surface area contributed by atoms with Gasteiger partial charge in [-0.2, -0.15) is 0 Å². The van der Waals surface area contributed by atoms with Gasteiger partial charge in [0.05, 0.1) is 22.2 Å². The van der Waals surface area contributed by atoms with Crippen molar-refractivity contribution in [3.05, 3.63) is 152 Å². The maximum Gasteiger partial charge on any atom is 0.235 e. The normalized spacial score (nSPS) is 12.3. The van der Waals surface area contributed by atoms with Crippen LogP contribution in [0, 0.1) is 0 Å². The zero-order chi connectivity index (χ0) is 33.2. The number of para-hydroxylation sites is 2. The molecule has 236 valence electrons. The Labute approximate surface area is 294 Å². The summed E-state index contributed by atoms with van der Waals surface area (Å²) in [6.07, 6.45) is 0. The Morgan fingerprint density at radius 2 is 1.16 bits per heavy atom. The Hall–Kier alpha value is -6.56. The maximum atomic E-state index is 6.51. The minimum absolute atomic E-state index is 0.647. The average Bonchev–Trinajstić information content (AvgIpc) is 3.87. The highest BCUT2D eigenvalue weighted by Crippen LogP contribution is 2.46. The molecular formula is C46H25N3OS. The summed E-state index contributed by atoms with van der Waals surface area (Å²) in [5.74, 6) is 0.647. The molecule has 0 saturated heterocycles. The van der Waals surface area contributed by atoms with E-state index in [-0.39, 0.29) is 0 Å². The van der Waals surface area contributed by atoms with Gasteiger partial charge in [0.1, 0.15) is 11.2 Å². The van der Waals surface area contributed by atoms with E-state index in [9.17, 15) is 0 Å². The van der Waals surface area contributed by atoms with Crippen LogP contribution >= 0.6 is 11.3 Å². The fourth-order valence-electron chi connectivity index (χ4n) is 8.42. The average molecular weight is 668 g/mol. The molecule has 0 fully saturated rings. The van der Waals surface area contributed by atoms with Gasteiger partial charge in [-0.15, -0.1) is 11.3 Å². The van der Waals surface area contributed by atoms with Crippen LogP contribution < -0.4 is 0 Å². The molecule has 0 radical (unpaired) electrons. The Morgan fingerprint density at radius 3 is 2.06 bits per heavy atom. The molecule has 51 heavy (non-hydrogen) atoms. The Morgan fingerprint density at radius 1 is 0.471 bits per heavy atom. The van der Waals surface area contributed by atoms with Crippen molar-refractivity contribution in [1.29, 1.82) is 0 Å². The lowest BCUT2D eigenvalue weighted by Crippen LogP contribution is -2.03. The van der Waals surface area contributed by atoms with Crippen LogP contribution in [0.3, 0.4) is 0 Å². The third-order valence-corrected chi connectivity index (χ3v) is 11.8. The zero-order valence-electron chi connectivity index (χ0n) is 27.1. The predicted octanol–water partition coefficient (Wildman–Crippen LogP) is 13.0. The first-order valence-corrected chi connectivity index (χ1v) is 18.0. The molecule has 5 heteroatoms. The molecule has 4 nitrogen and oxygen atoms in total. The number of furan rings is 1. The first kappa shape index (κ1) is 27.3. The number of hydrogen-bond acceptors (Lipinski definition) is 4. The SMILES string of the molecule is c1ccc2c(c1)ccc1c2c2c3sc4ccccc4c3ccc2n1-c1nc(-c2cc3oc4ccccc4c3c3ccccc23)c2ccccc2n1. The molecule has 0 aliphatic heterocycles. The summed E-state index contributed by atoms with van der Waals surface area (Å²) in [5, 5.41) is 13.0. The molecule has 12 rings (SSSR count). The van der Waals surface area contributed by atoms with Gasteiger partial charge in [0.15, 0.2) is 0 Å². The third kappa shape index (κ3) is 3.68. The van der Waals surface area contributed by atoms with Crippen molar-refractivity contribution in [1.82, 2.24) is 14.5 Å². The van der Waals surface area contributed by atoms with Crippen LogP contribution in [0.2, 0.25) is 0 Å². The minimum atomic E-state index is 0.647. The fraction of sp³-hybridized carbons (Fsp3) is 0. The van der Waals surface area contributed by atoms with Gasteiger partial charge in [-0.05, 0) is 57.9 Å². The molecule has 0 unspecified atom stereocenters. The van der Waals surface area contributed by atoms with Gasteiger partial charge in [0.2, 0.25) is 5.95 Å². The molecule has 12 aromatic rings. The third-order valence-electron chi connectivity index (χ3n) is 10.6. The lowest BCUT2D eigenvalue weighted by atomic mass is 9.96. The molecule has 0 aliphatic carbocycles. The van der Waals surface area contributed by atoms with Gasteiger partial charge >= 0.3 is 0 Å². The summed E-state index contributed by atoms with van der Waals surface area (Å²) in [7, 11) is 0. The highest BCUT2D eigenvalue weighted by atomic mass is 32.1. The van der Waals surface area contributed by atoms with Crippen LogP contribution in [-0.4, -0.2) is 14.5 Å².